The minimum atomic E-state index is -3.75. The number of rotatable bonds is 6. The minimum Gasteiger partial charge on any atom is -0.273 e. The van der Waals surface area contributed by atoms with Gasteiger partial charge in [-0.1, -0.05) is 13.3 Å². The van der Waals surface area contributed by atoms with Gasteiger partial charge in [0.2, 0.25) is 26.0 Å². The molecule has 0 aromatic heterocycles. The second-order valence-electron chi connectivity index (χ2n) is 6.88. The topological polar surface area (TPSA) is 91.8 Å². The van der Waals surface area contributed by atoms with E-state index in [1.807, 2.05) is 6.92 Å². The Kier molecular flexibility index (Phi) is 5.32. The molecule has 0 atom stereocenters. The molecule has 0 radical (unpaired) electrons. The van der Waals surface area contributed by atoms with Gasteiger partial charge in [-0.05, 0) is 44.5 Å². The highest BCUT2D eigenvalue weighted by molar-refractivity contribution is 7.94. The second kappa shape index (κ2) is 6.69. The van der Waals surface area contributed by atoms with Crippen LogP contribution in [-0.2, 0) is 24.8 Å². The maximum Gasteiger partial charge on any atom is 0.247 e. The van der Waals surface area contributed by atoms with Crippen LogP contribution in [-0.4, -0.2) is 46.4 Å². The van der Waals surface area contributed by atoms with Crippen LogP contribution >= 0.6 is 0 Å². The number of sulfonamides is 2. The van der Waals surface area contributed by atoms with Crippen LogP contribution in [0.5, 0.6) is 0 Å². The Morgan fingerprint density at radius 3 is 2.20 bits per heavy atom. The molecule has 0 unspecified atom stereocenters. The van der Waals surface area contributed by atoms with Crippen molar-refractivity contribution >= 4 is 31.6 Å². The summed E-state index contributed by atoms with van der Waals surface area (Å²) in [5.74, 6) is -0.776. The van der Waals surface area contributed by atoms with Gasteiger partial charge in [-0.2, -0.15) is 0 Å². The fraction of sp³-hybridized carbons (Fsp3) is 0.562. The lowest BCUT2D eigenvalue weighted by molar-refractivity contribution is -0.123. The standard InChI is InChI=1S/C16H24N2O5S2/c1-5-6-11-17(4)25(22,23)14-9-7-13(8-10-14)18-15(19)16(2,3)12-24(18,20)21/h7-10H,5-6,11-12H2,1-4H3. The van der Waals surface area contributed by atoms with E-state index < -0.39 is 31.4 Å². The summed E-state index contributed by atoms with van der Waals surface area (Å²) in [6, 6.07) is 5.39. The molecule has 0 spiro atoms. The monoisotopic (exact) mass is 388 g/mol. The van der Waals surface area contributed by atoms with Gasteiger partial charge >= 0.3 is 0 Å². The zero-order valence-corrected chi connectivity index (χ0v) is 16.5. The lowest BCUT2D eigenvalue weighted by atomic mass is 9.95. The zero-order valence-electron chi connectivity index (χ0n) is 14.9. The molecule has 25 heavy (non-hydrogen) atoms. The van der Waals surface area contributed by atoms with Gasteiger partial charge in [0, 0.05) is 13.6 Å². The zero-order chi connectivity index (χ0) is 19.0. The van der Waals surface area contributed by atoms with Crippen LogP contribution < -0.4 is 4.31 Å². The Bertz CT molecular complexity index is 858. The largest absolute Gasteiger partial charge is 0.273 e. The molecule has 1 aromatic rings. The third-order valence-corrected chi connectivity index (χ3v) is 8.08. The molecular weight excluding hydrogens is 364 g/mol. The molecular formula is C16H24N2O5S2. The van der Waals surface area contributed by atoms with E-state index in [0.29, 0.717) is 6.54 Å². The van der Waals surface area contributed by atoms with Crippen LogP contribution in [0.3, 0.4) is 0 Å². The molecule has 0 bridgehead atoms. The lowest BCUT2D eigenvalue weighted by Gasteiger charge is -2.19. The molecule has 1 aliphatic rings. The van der Waals surface area contributed by atoms with Crippen molar-refractivity contribution in [2.24, 2.45) is 5.41 Å². The average molecular weight is 389 g/mol. The predicted octanol–water partition coefficient (Wildman–Crippen LogP) is 1.81. The van der Waals surface area contributed by atoms with Crippen molar-refractivity contribution in [3.63, 3.8) is 0 Å². The summed E-state index contributed by atoms with van der Waals surface area (Å²) in [5.41, 5.74) is -0.838. The van der Waals surface area contributed by atoms with Crippen molar-refractivity contribution in [3.05, 3.63) is 24.3 Å². The van der Waals surface area contributed by atoms with Crippen LogP contribution in [0.4, 0.5) is 5.69 Å². The summed E-state index contributed by atoms with van der Waals surface area (Å²) < 4.78 is 51.6. The molecule has 7 nitrogen and oxygen atoms in total. The lowest BCUT2D eigenvalue weighted by Crippen LogP contribution is -2.33. The van der Waals surface area contributed by atoms with Crippen molar-refractivity contribution in [1.29, 1.82) is 0 Å². The first-order chi connectivity index (χ1) is 11.4. The third-order valence-electron chi connectivity index (χ3n) is 4.19. The summed E-state index contributed by atoms with van der Waals surface area (Å²) in [6.07, 6.45) is 1.63. The quantitative estimate of drug-likeness (QED) is 0.741. The van der Waals surface area contributed by atoms with E-state index in [2.05, 4.69) is 0 Å². The average Bonchev–Trinajstić information content (AvgIpc) is 2.68. The number of anilines is 1. The highest BCUT2D eigenvalue weighted by atomic mass is 32.2. The van der Waals surface area contributed by atoms with E-state index in [9.17, 15) is 21.6 Å². The molecule has 1 fully saturated rings. The smallest absolute Gasteiger partial charge is 0.247 e. The number of hydrogen-bond donors (Lipinski definition) is 0. The van der Waals surface area contributed by atoms with Crippen LogP contribution in [0, 0.1) is 5.41 Å². The minimum absolute atomic E-state index is 0.0677. The number of unbranched alkanes of at least 4 members (excludes halogenated alkanes) is 1. The van der Waals surface area contributed by atoms with E-state index in [-0.39, 0.29) is 16.3 Å². The summed E-state index contributed by atoms with van der Waals surface area (Å²) >= 11 is 0. The van der Waals surface area contributed by atoms with Gasteiger partial charge in [0.1, 0.15) is 0 Å². The van der Waals surface area contributed by atoms with Gasteiger partial charge in [-0.3, -0.25) is 4.79 Å². The van der Waals surface area contributed by atoms with E-state index in [1.165, 1.54) is 35.6 Å². The van der Waals surface area contributed by atoms with Gasteiger partial charge in [0.15, 0.2) is 0 Å². The first kappa shape index (κ1) is 19.9. The van der Waals surface area contributed by atoms with Crippen LogP contribution in [0.15, 0.2) is 29.2 Å². The van der Waals surface area contributed by atoms with Crippen molar-refractivity contribution in [2.45, 2.75) is 38.5 Å². The van der Waals surface area contributed by atoms with Gasteiger partial charge < -0.3 is 0 Å². The van der Waals surface area contributed by atoms with E-state index in [0.717, 1.165) is 17.1 Å². The van der Waals surface area contributed by atoms with E-state index in [1.54, 1.807) is 13.8 Å². The van der Waals surface area contributed by atoms with Gasteiger partial charge in [-0.25, -0.2) is 25.4 Å². The molecule has 1 aromatic carbocycles. The number of hydrogen-bond acceptors (Lipinski definition) is 5. The number of nitrogens with zero attached hydrogens (tertiary/aromatic N) is 2. The molecule has 1 amide bonds. The van der Waals surface area contributed by atoms with E-state index in [4.69, 9.17) is 0 Å². The van der Waals surface area contributed by atoms with Gasteiger partial charge in [-0.15, -0.1) is 0 Å². The van der Waals surface area contributed by atoms with Gasteiger partial charge in [0.25, 0.3) is 0 Å². The Labute approximate surface area is 149 Å². The number of carbonyl (C=O) groups is 1. The fourth-order valence-electron chi connectivity index (χ4n) is 2.70. The van der Waals surface area contributed by atoms with Gasteiger partial charge in [0.05, 0.1) is 21.8 Å². The van der Waals surface area contributed by atoms with Crippen molar-refractivity contribution in [3.8, 4) is 0 Å². The Morgan fingerprint density at radius 1 is 1.20 bits per heavy atom. The van der Waals surface area contributed by atoms with Crippen molar-refractivity contribution < 1.29 is 21.6 Å². The summed E-state index contributed by atoms with van der Waals surface area (Å²) in [4.78, 5) is 12.4. The Hall–Kier alpha value is -1.45. The predicted molar refractivity (Wildman–Crippen MR) is 96.2 cm³/mol. The maximum absolute atomic E-state index is 12.5. The highest BCUT2D eigenvalue weighted by Gasteiger charge is 2.49. The first-order valence-electron chi connectivity index (χ1n) is 8.07. The van der Waals surface area contributed by atoms with Crippen molar-refractivity contribution in [1.82, 2.24) is 4.31 Å². The molecule has 0 saturated carbocycles. The molecule has 1 saturated heterocycles. The summed E-state index contributed by atoms with van der Waals surface area (Å²) in [6.45, 7) is 5.54. The SMILES string of the molecule is CCCCN(C)S(=O)(=O)c1ccc(N2C(=O)C(C)(C)CS2(=O)=O)cc1. The number of benzene rings is 1. The van der Waals surface area contributed by atoms with Crippen LogP contribution in [0.2, 0.25) is 0 Å². The maximum atomic E-state index is 12.5. The molecule has 2 rings (SSSR count). The van der Waals surface area contributed by atoms with Crippen LogP contribution in [0.1, 0.15) is 33.6 Å². The summed E-state index contributed by atoms with van der Waals surface area (Å²) in [7, 11) is -5.88. The first-order valence-corrected chi connectivity index (χ1v) is 11.1. The molecule has 0 aliphatic carbocycles. The number of amides is 1. The molecule has 9 heteroatoms. The highest BCUT2D eigenvalue weighted by Crippen LogP contribution is 2.36. The Balaban J connectivity index is 2.33. The van der Waals surface area contributed by atoms with E-state index >= 15 is 0 Å². The third kappa shape index (κ3) is 3.73. The van der Waals surface area contributed by atoms with Crippen molar-refractivity contribution in [2.75, 3.05) is 23.7 Å². The molecule has 1 heterocycles. The second-order valence-corrected chi connectivity index (χ2v) is 10.7. The summed E-state index contributed by atoms with van der Waals surface area (Å²) in [5, 5.41) is 0. The normalized spacial score (nSPS) is 19.6. The molecule has 0 N–H and O–H groups in total. The molecule has 140 valence electrons. The molecule has 1 aliphatic heterocycles. The number of carbonyl (C=O) groups excluding carboxylic acids is 1. The van der Waals surface area contributed by atoms with Crippen LogP contribution in [0.25, 0.3) is 0 Å². The Morgan fingerprint density at radius 2 is 1.76 bits per heavy atom. The fourth-order valence-corrected chi connectivity index (χ4v) is 6.01.